The average Bonchev–Trinajstić information content (AvgIpc) is 2.51. The van der Waals surface area contributed by atoms with E-state index in [9.17, 15) is 13.2 Å². The summed E-state index contributed by atoms with van der Waals surface area (Å²) in [7, 11) is -3.19. The number of rotatable bonds is 2. The zero-order chi connectivity index (χ0) is 14.2. The Morgan fingerprint density at radius 3 is 2.47 bits per heavy atom. The molecule has 1 aliphatic heterocycles. The van der Waals surface area contributed by atoms with Crippen LogP contribution in [0.2, 0.25) is 10.0 Å². The Bertz CT molecular complexity index is 618. The molecular weight excluding hydrogens is 333 g/mol. The summed E-state index contributed by atoms with van der Waals surface area (Å²) in [6, 6.07) is 3.85. The van der Waals surface area contributed by atoms with Crippen LogP contribution in [0.15, 0.2) is 18.2 Å². The molecule has 0 bridgehead atoms. The summed E-state index contributed by atoms with van der Waals surface area (Å²) in [5.41, 5.74) is 0.235. The number of carbonyl (C=O) groups excluding carboxylic acids is 1. The van der Waals surface area contributed by atoms with E-state index in [1.54, 1.807) is 0 Å². The number of carbonyl (C=O) groups is 1. The Hall–Kier alpha value is -0.490. The quantitative estimate of drug-likeness (QED) is 0.838. The predicted octanol–water partition coefficient (Wildman–Crippen LogP) is 2.13. The summed E-state index contributed by atoms with van der Waals surface area (Å²) in [5, 5.41) is 2.58. The topological polar surface area (TPSA) is 63.2 Å². The van der Waals surface area contributed by atoms with E-state index in [1.807, 2.05) is 0 Å². The highest BCUT2D eigenvalue weighted by Gasteiger charge is 2.37. The van der Waals surface area contributed by atoms with Crippen LogP contribution >= 0.6 is 34.8 Å². The van der Waals surface area contributed by atoms with Gasteiger partial charge in [-0.1, -0.05) is 23.2 Å². The van der Waals surface area contributed by atoms with Crippen molar-refractivity contribution >= 4 is 50.5 Å². The van der Waals surface area contributed by atoms with Gasteiger partial charge in [-0.15, -0.1) is 11.6 Å². The summed E-state index contributed by atoms with van der Waals surface area (Å²) in [6.07, 6.45) is 0. The van der Waals surface area contributed by atoms with Crippen LogP contribution in [0.5, 0.6) is 0 Å². The SMILES string of the molecule is O=C(NC1CS(=O)(=O)CC1Cl)c1ccc(Cl)cc1Cl. The lowest BCUT2D eigenvalue weighted by molar-refractivity contribution is 0.0941. The highest BCUT2D eigenvalue weighted by molar-refractivity contribution is 7.91. The molecule has 1 N–H and O–H groups in total. The first-order chi connectivity index (χ1) is 8.78. The highest BCUT2D eigenvalue weighted by Crippen LogP contribution is 2.22. The summed E-state index contributed by atoms with van der Waals surface area (Å²) in [5.74, 6) is -0.749. The van der Waals surface area contributed by atoms with E-state index in [4.69, 9.17) is 34.8 Å². The molecule has 1 saturated heterocycles. The Morgan fingerprint density at radius 1 is 1.26 bits per heavy atom. The van der Waals surface area contributed by atoms with Gasteiger partial charge in [0.1, 0.15) is 0 Å². The van der Waals surface area contributed by atoms with E-state index in [0.29, 0.717) is 5.02 Å². The standard InChI is InChI=1S/C11H10Cl3NO3S/c12-6-1-2-7(8(13)3-6)11(16)15-10-5-19(17,18)4-9(10)14/h1-3,9-10H,4-5H2,(H,15,16). The second kappa shape index (κ2) is 5.48. The van der Waals surface area contributed by atoms with Gasteiger partial charge in [0.15, 0.2) is 9.84 Å². The van der Waals surface area contributed by atoms with Gasteiger partial charge < -0.3 is 5.32 Å². The van der Waals surface area contributed by atoms with Crippen LogP contribution < -0.4 is 5.32 Å². The van der Waals surface area contributed by atoms with Crippen LogP contribution in [0, 0.1) is 0 Å². The molecule has 1 aromatic carbocycles. The van der Waals surface area contributed by atoms with Gasteiger partial charge in [0.25, 0.3) is 5.91 Å². The average molecular weight is 343 g/mol. The summed E-state index contributed by atoms with van der Waals surface area (Å²) in [4.78, 5) is 12.0. The van der Waals surface area contributed by atoms with Crippen molar-refractivity contribution in [1.29, 1.82) is 0 Å². The maximum atomic E-state index is 12.0. The molecule has 2 unspecified atom stereocenters. The van der Waals surface area contributed by atoms with Crippen molar-refractivity contribution in [2.45, 2.75) is 11.4 Å². The van der Waals surface area contributed by atoms with E-state index in [0.717, 1.165) is 0 Å². The number of benzene rings is 1. The Morgan fingerprint density at radius 2 is 1.95 bits per heavy atom. The van der Waals surface area contributed by atoms with Crippen molar-refractivity contribution < 1.29 is 13.2 Å². The van der Waals surface area contributed by atoms with Gasteiger partial charge in [0.2, 0.25) is 0 Å². The van der Waals surface area contributed by atoms with Crippen molar-refractivity contribution in [3.63, 3.8) is 0 Å². The first-order valence-corrected chi connectivity index (χ1v) is 8.40. The van der Waals surface area contributed by atoms with Gasteiger partial charge in [-0.3, -0.25) is 4.79 Å². The lowest BCUT2D eigenvalue weighted by Crippen LogP contribution is -2.40. The van der Waals surface area contributed by atoms with Gasteiger partial charge in [-0.05, 0) is 18.2 Å². The largest absolute Gasteiger partial charge is 0.347 e. The number of amides is 1. The van der Waals surface area contributed by atoms with Crippen molar-refractivity contribution in [1.82, 2.24) is 5.32 Å². The monoisotopic (exact) mass is 341 g/mol. The van der Waals surface area contributed by atoms with Crippen LogP contribution in [-0.2, 0) is 9.84 Å². The number of alkyl halides is 1. The molecule has 0 radical (unpaired) electrons. The molecule has 1 heterocycles. The maximum Gasteiger partial charge on any atom is 0.253 e. The number of halogens is 3. The number of hydrogen-bond donors (Lipinski definition) is 1. The van der Waals surface area contributed by atoms with Crippen LogP contribution in [0.25, 0.3) is 0 Å². The molecule has 1 amide bonds. The van der Waals surface area contributed by atoms with E-state index in [-0.39, 0.29) is 22.1 Å². The lowest BCUT2D eigenvalue weighted by Gasteiger charge is -2.15. The third-order valence-corrected chi connectivity index (χ3v) is 5.70. The van der Waals surface area contributed by atoms with Crippen molar-refractivity contribution in [2.24, 2.45) is 0 Å². The van der Waals surface area contributed by atoms with Crippen LogP contribution in [-0.4, -0.2) is 37.2 Å². The first kappa shape index (κ1) is 14.9. The van der Waals surface area contributed by atoms with Crippen molar-refractivity contribution in [2.75, 3.05) is 11.5 Å². The van der Waals surface area contributed by atoms with Crippen LogP contribution in [0.3, 0.4) is 0 Å². The molecule has 4 nitrogen and oxygen atoms in total. The van der Waals surface area contributed by atoms with Crippen molar-refractivity contribution in [3.8, 4) is 0 Å². The van der Waals surface area contributed by atoms with Gasteiger partial charge in [-0.25, -0.2) is 8.42 Å². The minimum atomic E-state index is -3.19. The molecule has 2 rings (SSSR count). The number of hydrogen-bond acceptors (Lipinski definition) is 3. The third kappa shape index (κ3) is 3.54. The number of sulfone groups is 1. The van der Waals surface area contributed by atoms with E-state index in [2.05, 4.69) is 5.32 Å². The summed E-state index contributed by atoms with van der Waals surface area (Å²) >= 11 is 17.6. The van der Waals surface area contributed by atoms with E-state index < -0.39 is 27.2 Å². The molecule has 0 aliphatic carbocycles. The molecular formula is C11H10Cl3NO3S. The van der Waals surface area contributed by atoms with Crippen LogP contribution in [0.4, 0.5) is 0 Å². The number of nitrogens with one attached hydrogen (secondary N) is 1. The Labute approximate surface area is 125 Å². The van der Waals surface area contributed by atoms with Gasteiger partial charge in [0, 0.05) is 5.02 Å². The highest BCUT2D eigenvalue weighted by atomic mass is 35.5. The Balaban J connectivity index is 2.14. The molecule has 0 aromatic heterocycles. The Kier molecular flexibility index (Phi) is 4.30. The zero-order valence-electron chi connectivity index (χ0n) is 9.57. The summed E-state index contributed by atoms with van der Waals surface area (Å²) < 4.78 is 22.8. The smallest absolute Gasteiger partial charge is 0.253 e. The molecule has 1 aromatic rings. The minimum absolute atomic E-state index is 0.131. The fourth-order valence-corrected chi connectivity index (χ4v) is 4.90. The lowest BCUT2D eigenvalue weighted by atomic mass is 10.2. The van der Waals surface area contributed by atoms with Gasteiger partial charge in [-0.2, -0.15) is 0 Å². The zero-order valence-corrected chi connectivity index (χ0v) is 12.7. The predicted molar refractivity (Wildman–Crippen MR) is 76.0 cm³/mol. The van der Waals surface area contributed by atoms with E-state index in [1.165, 1.54) is 18.2 Å². The second-order valence-electron chi connectivity index (χ2n) is 4.30. The van der Waals surface area contributed by atoms with Crippen LogP contribution in [0.1, 0.15) is 10.4 Å². The molecule has 19 heavy (non-hydrogen) atoms. The normalized spacial score (nSPS) is 25.2. The summed E-state index contributed by atoms with van der Waals surface area (Å²) in [6.45, 7) is 0. The molecule has 104 valence electrons. The van der Waals surface area contributed by atoms with Crippen molar-refractivity contribution in [3.05, 3.63) is 33.8 Å². The molecule has 1 fully saturated rings. The van der Waals surface area contributed by atoms with E-state index >= 15 is 0 Å². The maximum absolute atomic E-state index is 12.0. The molecule has 0 spiro atoms. The molecule has 8 heteroatoms. The fraction of sp³-hybridized carbons (Fsp3) is 0.364. The minimum Gasteiger partial charge on any atom is -0.347 e. The second-order valence-corrected chi connectivity index (χ2v) is 7.86. The molecule has 2 atom stereocenters. The molecule has 0 saturated carbocycles. The van der Waals surface area contributed by atoms with Gasteiger partial charge >= 0.3 is 0 Å². The van der Waals surface area contributed by atoms with Gasteiger partial charge in [0.05, 0.1) is 33.5 Å². The fourth-order valence-electron chi connectivity index (χ4n) is 1.86. The first-order valence-electron chi connectivity index (χ1n) is 5.39. The third-order valence-electron chi connectivity index (χ3n) is 2.78. The molecule has 1 aliphatic rings.